The van der Waals surface area contributed by atoms with Gasteiger partial charge in [-0.15, -0.1) is 0 Å². The minimum Gasteiger partial charge on any atom is -0.489 e. The van der Waals surface area contributed by atoms with Gasteiger partial charge in [-0.3, -0.25) is 4.90 Å². The van der Waals surface area contributed by atoms with Crippen molar-refractivity contribution in [3.63, 3.8) is 0 Å². The van der Waals surface area contributed by atoms with Gasteiger partial charge in [0.1, 0.15) is 0 Å². The van der Waals surface area contributed by atoms with Crippen molar-refractivity contribution in [2.45, 2.75) is 43.8 Å². The number of nitrogens with zero attached hydrogens (tertiary/aromatic N) is 3. The van der Waals surface area contributed by atoms with E-state index < -0.39 is 0 Å². The minimum absolute atomic E-state index is 0.812. The Morgan fingerprint density at radius 1 is 1.16 bits per heavy atom. The summed E-state index contributed by atoms with van der Waals surface area (Å²) in [4.78, 5) is 9.69. The molecule has 25 heavy (non-hydrogen) atoms. The molecule has 0 radical (unpaired) electrons. The topological polar surface area (TPSA) is 28.6 Å². The van der Waals surface area contributed by atoms with Crippen LogP contribution in [-0.2, 0) is 6.42 Å². The highest BCUT2D eigenvalue weighted by atomic mass is 32.2. The van der Waals surface area contributed by atoms with Crippen molar-refractivity contribution in [2.24, 2.45) is 5.92 Å². The van der Waals surface area contributed by atoms with Crippen LogP contribution in [0.2, 0.25) is 0 Å². The summed E-state index contributed by atoms with van der Waals surface area (Å²) in [5.41, 5.74) is 1.33. The smallest absolute Gasteiger partial charge is 0.171 e. The Hall–Kier alpha value is -0.940. The van der Waals surface area contributed by atoms with Crippen LogP contribution in [0, 0.1) is 5.92 Å². The molecule has 2 fully saturated rings. The molecule has 2 aliphatic heterocycles. The number of ether oxygens (including phenoxy) is 1. The predicted molar refractivity (Wildman–Crippen MR) is 106 cm³/mol. The van der Waals surface area contributed by atoms with Crippen LogP contribution in [0.1, 0.15) is 37.7 Å². The van der Waals surface area contributed by atoms with Gasteiger partial charge in [0.15, 0.2) is 11.6 Å². The standard InChI is InChI=1S/C20H31N3OS/c1-25-18-4-2-16(3-5-18)7-10-22-11-13-23(14-12-22)20-19-17(6-9-21-20)8-15-24-19/h6,9,16,18H,2-5,7-8,10-15H2,1H3. The van der Waals surface area contributed by atoms with Crippen LogP contribution in [0.25, 0.3) is 0 Å². The van der Waals surface area contributed by atoms with Crippen molar-refractivity contribution in [1.29, 1.82) is 0 Å². The summed E-state index contributed by atoms with van der Waals surface area (Å²) in [5.74, 6) is 3.08. The number of thioether (sulfide) groups is 1. The van der Waals surface area contributed by atoms with Crippen molar-refractivity contribution in [1.82, 2.24) is 9.88 Å². The van der Waals surface area contributed by atoms with Gasteiger partial charge in [-0.2, -0.15) is 11.8 Å². The van der Waals surface area contributed by atoms with E-state index in [0.29, 0.717) is 0 Å². The number of anilines is 1. The van der Waals surface area contributed by atoms with Gasteiger partial charge >= 0.3 is 0 Å². The Morgan fingerprint density at radius 2 is 1.96 bits per heavy atom. The van der Waals surface area contributed by atoms with Crippen LogP contribution in [0.15, 0.2) is 12.3 Å². The van der Waals surface area contributed by atoms with E-state index in [1.54, 1.807) is 0 Å². The van der Waals surface area contributed by atoms with Gasteiger partial charge in [0.25, 0.3) is 0 Å². The SMILES string of the molecule is CSC1CCC(CCN2CCN(c3nccc4c3OCC4)CC2)CC1. The molecule has 0 aromatic carbocycles. The summed E-state index contributed by atoms with van der Waals surface area (Å²) >= 11 is 2.07. The summed E-state index contributed by atoms with van der Waals surface area (Å²) in [6.07, 6.45) is 12.4. The third-order valence-corrected chi connectivity index (χ3v) is 7.38. The zero-order valence-electron chi connectivity index (χ0n) is 15.5. The zero-order chi connectivity index (χ0) is 17.1. The molecule has 0 N–H and O–H groups in total. The average Bonchev–Trinajstić information content (AvgIpc) is 3.16. The zero-order valence-corrected chi connectivity index (χ0v) is 16.3. The Morgan fingerprint density at radius 3 is 2.72 bits per heavy atom. The fourth-order valence-electron chi connectivity index (χ4n) is 4.52. The lowest BCUT2D eigenvalue weighted by atomic mass is 9.86. The van der Waals surface area contributed by atoms with Gasteiger partial charge in [0.05, 0.1) is 6.61 Å². The molecule has 3 heterocycles. The molecule has 1 aliphatic carbocycles. The lowest BCUT2D eigenvalue weighted by molar-refractivity contribution is 0.221. The minimum atomic E-state index is 0.812. The molecular weight excluding hydrogens is 330 g/mol. The number of aromatic nitrogens is 1. The second-order valence-corrected chi connectivity index (χ2v) is 8.86. The fraction of sp³-hybridized carbons (Fsp3) is 0.750. The van der Waals surface area contributed by atoms with Crippen molar-refractivity contribution < 1.29 is 4.74 Å². The number of piperazine rings is 1. The molecule has 1 aromatic heterocycles. The maximum absolute atomic E-state index is 5.83. The molecule has 1 saturated heterocycles. The number of rotatable bonds is 5. The van der Waals surface area contributed by atoms with Gasteiger partial charge in [0.2, 0.25) is 0 Å². The van der Waals surface area contributed by atoms with Crippen LogP contribution in [0.5, 0.6) is 5.75 Å². The molecule has 4 rings (SSSR count). The Labute approximate surface area is 156 Å². The Balaban J connectivity index is 1.23. The highest BCUT2D eigenvalue weighted by Crippen LogP contribution is 2.35. The largest absolute Gasteiger partial charge is 0.489 e. The van der Waals surface area contributed by atoms with Crippen LogP contribution in [0.3, 0.4) is 0 Å². The molecule has 0 amide bonds. The normalized spacial score (nSPS) is 27.2. The first-order valence-corrected chi connectivity index (χ1v) is 11.2. The molecule has 138 valence electrons. The van der Waals surface area contributed by atoms with Gasteiger partial charge in [-0.05, 0) is 56.9 Å². The van der Waals surface area contributed by atoms with Gasteiger partial charge < -0.3 is 9.64 Å². The Bertz CT molecular complexity index is 566. The third-order valence-electron chi connectivity index (χ3n) is 6.24. The first-order valence-electron chi connectivity index (χ1n) is 9.94. The second-order valence-electron chi connectivity index (χ2n) is 7.72. The third kappa shape index (κ3) is 4.08. The summed E-state index contributed by atoms with van der Waals surface area (Å²) in [6, 6.07) is 2.11. The molecular formula is C20H31N3OS. The molecule has 0 unspecified atom stereocenters. The molecule has 1 aromatic rings. The molecule has 0 bridgehead atoms. The maximum atomic E-state index is 5.83. The van der Waals surface area contributed by atoms with E-state index in [1.807, 2.05) is 6.20 Å². The van der Waals surface area contributed by atoms with E-state index in [9.17, 15) is 0 Å². The van der Waals surface area contributed by atoms with Crippen LogP contribution < -0.4 is 9.64 Å². The highest BCUT2D eigenvalue weighted by Gasteiger charge is 2.26. The Kier molecular flexibility index (Phi) is 5.71. The molecule has 3 aliphatic rings. The summed E-state index contributed by atoms with van der Waals surface area (Å²) in [5, 5.41) is 0.933. The van der Waals surface area contributed by atoms with Crippen molar-refractivity contribution >= 4 is 17.6 Å². The molecule has 5 heteroatoms. The van der Waals surface area contributed by atoms with Crippen LogP contribution in [-0.4, -0.2) is 60.7 Å². The second kappa shape index (κ2) is 8.17. The van der Waals surface area contributed by atoms with E-state index in [0.717, 1.165) is 61.9 Å². The van der Waals surface area contributed by atoms with E-state index >= 15 is 0 Å². The van der Waals surface area contributed by atoms with E-state index in [2.05, 4.69) is 38.9 Å². The number of hydrogen-bond donors (Lipinski definition) is 0. The van der Waals surface area contributed by atoms with E-state index in [4.69, 9.17) is 4.74 Å². The van der Waals surface area contributed by atoms with Gasteiger partial charge in [-0.25, -0.2) is 4.98 Å². The summed E-state index contributed by atoms with van der Waals surface area (Å²) < 4.78 is 5.83. The van der Waals surface area contributed by atoms with Crippen molar-refractivity contribution in [3.8, 4) is 5.75 Å². The monoisotopic (exact) mass is 361 g/mol. The maximum Gasteiger partial charge on any atom is 0.171 e. The molecule has 4 nitrogen and oxygen atoms in total. The number of fused-ring (bicyclic) bond motifs is 1. The highest BCUT2D eigenvalue weighted by molar-refractivity contribution is 7.99. The number of pyridine rings is 1. The van der Waals surface area contributed by atoms with Gasteiger partial charge in [0, 0.05) is 49.6 Å². The quantitative estimate of drug-likeness (QED) is 0.801. The fourth-order valence-corrected chi connectivity index (χ4v) is 5.27. The van der Waals surface area contributed by atoms with Crippen molar-refractivity contribution in [3.05, 3.63) is 17.8 Å². The van der Waals surface area contributed by atoms with Gasteiger partial charge in [-0.1, -0.05) is 0 Å². The number of hydrogen-bond acceptors (Lipinski definition) is 5. The van der Waals surface area contributed by atoms with E-state index in [-0.39, 0.29) is 0 Å². The van der Waals surface area contributed by atoms with Crippen LogP contribution >= 0.6 is 11.8 Å². The molecule has 1 saturated carbocycles. The average molecular weight is 362 g/mol. The van der Waals surface area contributed by atoms with E-state index in [1.165, 1.54) is 44.2 Å². The first kappa shape index (κ1) is 17.5. The molecule has 0 spiro atoms. The van der Waals surface area contributed by atoms with Crippen LogP contribution in [0.4, 0.5) is 5.82 Å². The first-order chi connectivity index (χ1) is 12.3. The summed E-state index contributed by atoms with van der Waals surface area (Å²) in [6.45, 7) is 6.56. The van der Waals surface area contributed by atoms with Crippen molar-refractivity contribution in [2.75, 3.05) is 50.5 Å². The lowest BCUT2D eigenvalue weighted by Crippen LogP contribution is -2.47. The predicted octanol–water partition coefficient (Wildman–Crippen LogP) is 3.45. The summed E-state index contributed by atoms with van der Waals surface area (Å²) in [7, 11) is 0. The molecule has 0 atom stereocenters. The lowest BCUT2D eigenvalue weighted by Gasteiger charge is -2.37.